The number of piperidine rings is 1. The fourth-order valence-corrected chi connectivity index (χ4v) is 3.58. The molecule has 0 saturated carbocycles. The number of methoxy groups -OCH3 is 1. The maximum Gasteiger partial charge on any atom is 0.226 e. The highest BCUT2D eigenvalue weighted by Crippen LogP contribution is 2.26. The Hall–Kier alpha value is -1.31. The number of hydrogen-bond donors (Lipinski definition) is 0. The molecule has 6 nitrogen and oxygen atoms in total. The molecule has 0 radical (unpaired) electrons. The molecule has 7 heteroatoms. The van der Waals surface area contributed by atoms with Crippen LogP contribution in [0, 0.1) is 0 Å². The van der Waals surface area contributed by atoms with Gasteiger partial charge >= 0.3 is 0 Å². The van der Waals surface area contributed by atoms with Gasteiger partial charge in [-0.1, -0.05) is 12.1 Å². The summed E-state index contributed by atoms with van der Waals surface area (Å²) < 4.78 is 10.4. The first kappa shape index (κ1) is 15.6. The molecule has 2 aromatic rings. The van der Waals surface area contributed by atoms with Crippen LogP contribution < -0.4 is 0 Å². The molecule has 0 bridgehead atoms. The number of ether oxygens (including phenoxy) is 1. The first-order valence-corrected chi connectivity index (χ1v) is 8.63. The Morgan fingerprint density at radius 1 is 1.45 bits per heavy atom. The van der Waals surface area contributed by atoms with Crippen molar-refractivity contribution in [2.75, 3.05) is 20.2 Å². The predicted octanol–water partition coefficient (Wildman–Crippen LogP) is 2.61. The van der Waals surface area contributed by atoms with Crippen LogP contribution in [0.4, 0.5) is 0 Å². The minimum absolute atomic E-state index is 0.370. The molecule has 1 fully saturated rings. The van der Waals surface area contributed by atoms with Crippen molar-refractivity contribution in [2.45, 2.75) is 45.3 Å². The van der Waals surface area contributed by atoms with Crippen molar-refractivity contribution in [2.24, 2.45) is 0 Å². The van der Waals surface area contributed by atoms with Crippen LogP contribution in [-0.4, -0.2) is 40.2 Å². The molecule has 22 heavy (non-hydrogen) atoms. The highest BCUT2D eigenvalue weighted by atomic mass is 32.1. The van der Waals surface area contributed by atoms with Crippen molar-refractivity contribution in [3.05, 3.63) is 27.8 Å². The summed E-state index contributed by atoms with van der Waals surface area (Å²) in [4.78, 5) is 11.5. The lowest BCUT2D eigenvalue weighted by atomic mass is 9.97. The van der Waals surface area contributed by atoms with Crippen LogP contribution in [0.1, 0.15) is 48.1 Å². The van der Waals surface area contributed by atoms with E-state index >= 15 is 0 Å². The van der Waals surface area contributed by atoms with Crippen molar-refractivity contribution in [1.29, 1.82) is 0 Å². The van der Waals surface area contributed by atoms with E-state index in [4.69, 9.17) is 9.26 Å². The molecule has 1 unspecified atom stereocenters. The van der Waals surface area contributed by atoms with Crippen LogP contribution in [0.25, 0.3) is 0 Å². The molecule has 1 aliphatic heterocycles. The van der Waals surface area contributed by atoms with Gasteiger partial charge in [-0.15, -0.1) is 11.3 Å². The molecular weight excluding hydrogens is 300 g/mol. The fraction of sp³-hybridized carbons (Fsp3) is 0.667. The summed E-state index contributed by atoms with van der Waals surface area (Å²) in [5.41, 5.74) is 1.13. The molecular formula is C15H22N4O2S. The minimum Gasteiger partial charge on any atom is -0.378 e. The maximum absolute atomic E-state index is 5.25. The van der Waals surface area contributed by atoms with Crippen molar-refractivity contribution < 1.29 is 9.26 Å². The van der Waals surface area contributed by atoms with Crippen LogP contribution in [0.15, 0.2) is 9.90 Å². The minimum atomic E-state index is 0.370. The van der Waals surface area contributed by atoms with Crippen molar-refractivity contribution in [3.8, 4) is 0 Å². The summed E-state index contributed by atoms with van der Waals surface area (Å²) in [6.07, 6.45) is 3.09. The summed E-state index contributed by atoms with van der Waals surface area (Å²) in [6.45, 7) is 5.58. The van der Waals surface area contributed by atoms with Gasteiger partial charge in [-0.2, -0.15) is 4.98 Å². The smallest absolute Gasteiger partial charge is 0.226 e. The molecule has 3 heterocycles. The van der Waals surface area contributed by atoms with Crippen LogP contribution >= 0.6 is 11.3 Å². The Balaban J connectivity index is 1.60. The molecule has 1 saturated heterocycles. The SMILES string of the molecule is CCc1nc(C2CCCN(Cc3csc(COC)n3)C2)no1. The number of nitrogens with zero attached hydrogens (tertiary/aromatic N) is 4. The molecule has 0 spiro atoms. The van der Waals surface area contributed by atoms with Gasteiger partial charge in [0.05, 0.1) is 12.3 Å². The van der Waals surface area contributed by atoms with Gasteiger partial charge in [0, 0.05) is 37.9 Å². The summed E-state index contributed by atoms with van der Waals surface area (Å²) in [5.74, 6) is 1.96. The highest BCUT2D eigenvalue weighted by molar-refractivity contribution is 7.09. The zero-order valence-corrected chi connectivity index (χ0v) is 13.9. The largest absolute Gasteiger partial charge is 0.378 e. The third-order valence-corrected chi connectivity index (χ3v) is 4.78. The number of thiazole rings is 1. The summed E-state index contributed by atoms with van der Waals surface area (Å²) in [5, 5.41) is 7.30. The predicted molar refractivity (Wildman–Crippen MR) is 83.8 cm³/mol. The Bertz CT molecular complexity index is 598. The Morgan fingerprint density at radius 2 is 2.36 bits per heavy atom. The van der Waals surface area contributed by atoms with E-state index in [1.807, 2.05) is 6.92 Å². The molecule has 0 aromatic carbocycles. The first-order chi connectivity index (χ1) is 10.8. The highest BCUT2D eigenvalue weighted by Gasteiger charge is 2.25. The van der Waals surface area contributed by atoms with E-state index in [9.17, 15) is 0 Å². The monoisotopic (exact) mass is 322 g/mol. The summed E-state index contributed by atoms with van der Waals surface area (Å²) in [6, 6.07) is 0. The molecule has 0 aliphatic carbocycles. The standard InChI is InChI=1S/C15H22N4O2S/c1-3-13-17-15(18-21-13)11-5-4-6-19(7-11)8-12-10-22-14(16-12)9-20-2/h10-11H,3-9H2,1-2H3. The van der Waals surface area contributed by atoms with Crippen molar-refractivity contribution in [3.63, 3.8) is 0 Å². The van der Waals surface area contributed by atoms with E-state index < -0.39 is 0 Å². The molecule has 3 rings (SSSR count). The zero-order valence-electron chi connectivity index (χ0n) is 13.1. The van der Waals surface area contributed by atoms with Gasteiger partial charge in [-0.3, -0.25) is 4.90 Å². The summed E-state index contributed by atoms with van der Waals surface area (Å²) in [7, 11) is 1.70. The third-order valence-electron chi connectivity index (χ3n) is 3.91. The lowest BCUT2D eigenvalue weighted by molar-refractivity contribution is 0.182. The first-order valence-electron chi connectivity index (χ1n) is 7.75. The van der Waals surface area contributed by atoms with E-state index in [0.717, 1.165) is 61.3 Å². The van der Waals surface area contributed by atoms with Gasteiger partial charge in [0.15, 0.2) is 5.82 Å². The van der Waals surface area contributed by atoms with E-state index in [1.54, 1.807) is 18.4 Å². The number of aryl methyl sites for hydroxylation is 1. The summed E-state index contributed by atoms with van der Waals surface area (Å²) >= 11 is 1.66. The topological polar surface area (TPSA) is 64.3 Å². The number of rotatable bonds is 6. The second-order valence-electron chi connectivity index (χ2n) is 5.64. The lowest BCUT2D eigenvalue weighted by Crippen LogP contribution is -2.34. The Labute approximate surface area is 134 Å². The van der Waals surface area contributed by atoms with E-state index in [-0.39, 0.29) is 0 Å². The quantitative estimate of drug-likeness (QED) is 0.814. The third kappa shape index (κ3) is 3.71. The van der Waals surface area contributed by atoms with Crippen molar-refractivity contribution in [1.82, 2.24) is 20.0 Å². The fourth-order valence-electron chi connectivity index (χ4n) is 2.83. The normalized spacial score (nSPS) is 19.6. The zero-order chi connectivity index (χ0) is 15.4. The second kappa shape index (κ2) is 7.30. The maximum atomic E-state index is 5.25. The Morgan fingerprint density at radius 3 is 3.14 bits per heavy atom. The molecule has 2 aromatic heterocycles. The van der Waals surface area contributed by atoms with Gasteiger partial charge in [0.2, 0.25) is 5.89 Å². The van der Waals surface area contributed by atoms with Gasteiger partial charge < -0.3 is 9.26 Å². The number of hydrogen-bond acceptors (Lipinski definition) is 7. The second-order valence-corrected chi connectivity index (χ2v) is 6.58. The van der Waals surface area contributed by atoms with Crippen LogP contribution in [-0.2, 0) is 24.3 Å². The molecule has 120 valence electrons. The number of likely N-dealkylation sites (tertiary alicyclic amines) is 1. The number of aromatic nitrogens is 3. The van der Waals surface area contributed by atoms with Gasteiger partial charge in [-0.05, 0) is 19.4 Å². The van der Waals surface area contributed by atoms with Gasteiger partial charge in [-0.25, -0.2) is 4.98 Å². The van der Waals surface area contributed by atoms with Gasteiger partial charge in [0.25, 0.3) is 0 Å². The van der Waals surface area contributed by atoms with E-state index in [1.165, 1.54) is 0 Å². The average Bonchev–Trinajstić information content (AvgIpc) is 3.17. The van der Waals surface area contributed by atoms with Gasteiger partial charge in [0.1, 0.15) is 5.01 Å². The van der Waals surface area contributed by atoms with E-state index in [2.05, 4.69) is 25.4 Å². The van der Waals surface area contributed by atoms with Crippen LogP contribution in [0.2, 0.25) is 0 Å². The molecule has 0 N–H and O–H groups in total. The van der Waals surface area contributed by atoms with E-state index in [0.29, 0.717) is 12.5 Å². The van der Waals surface area contributed by atoms with Crippen LogP contribution in [0.3, 0.4) is 0 Å². The lowest BCUT2D eigenvalue weighted by Gasteiger charge is -2.30. The molecule has 1 aliphatic rings. The Kier molecular flexibility index (Phi) is 5.17. The van der Waals surface area contributed by atoms with Crippen LogP contribution in [0.5, 0.6) is 0 Å². The average molecular weight is 322 g/mol. The molecule has 0 amide bonds. The van der Waals surface area contributed by atoms with Crippen molar-refractivity contribution >= 4 is 11.3 Å². The molecule has 1 atom stereocenters.